The van der Waals surface area contributed by atoms with Crippen LogP contribution in [-0.4, -0.2) is 18.0 Å². The van der Waals surface area contributed by atoms with Crippen molar-refractivity contribution in [2.45, 2.75) is 32.2 Å². The molecule has 3 nitrogen and oxygen atoms in total. The Morgan fingerprint density at radius 1 is 1.44 bits per heavy atom. The number of carbonyl (C=O) groups is 1. The van der Waals surface area contributed by atoms with Gasteiger partial charge in [-0.1, -0.05) is 13.8 Å². The third-order valence-electron chi connectivity index (χ3n) is 3.30. The van der Waals surface area contributed by atoms with E-state index in [2.05, 4.69) is 21.2 Å². The SMILES string of the molecule is CCC(CC)(CN)NC(=O)c1ccc(F)c(Br)c1. The molecule has 1 amide bonds. The predicted octanol–water partition coefficient (Wildman–Crippen LogP) is 2.84. The Kier molecular flexibility index (Phi) is 5.28. The van der Waals surface area contributed by atoms with Crippen molar-refractivity contribution in [2.24, 2.45) is 5.73 Å². The highest BCUT2D eigenvalue weighted by atomic mass is 79.9. The lowest BCUT2D eigenvalue weighted by Gasteiger charge is -2.31. The average molecular weight is 317 g/mol. The van der Waals surface area contributed by atoms with Crippen LogP contribution in [0, 0.1) is 5.82 Å². The molecule has 1 aromatic carbocycles. The highest BCUT2D eigenvalue weighted by Gasteiger charge is 2.26. The monoisotopic (exact) mass is 316 g/mol. The number of rotatable bonds is 5. The summed E-state index contributed by atoms with van der Waals surface area (Å²) in [6.45, 7) is 4.35. The number of nitrogens with one attached hydrogen (secondary N) is 1. The molecule has 0 aromatic heterocycles. The fraction of sp³-hybridized carbons (Fsp3) is 0.462. The topological polar surface area (TPSA) is 55.1 Å². The van der Waals surface area contributed by atoms with E-state index >= 15 is 0 Å². The Balaban J connectivity index is 2.90. The third-order valence-corrected chi connectivity index (χ3v) is 3.91. The molecule has 0 bridgehead atoms. The molecular formula is C13H18BrFN2O. The average Bonchev–Trinajstić information content (AvgIpc) is 2.39. The molecule has 0 saturated heterocycles. The first-order valence-corrected chi connectivity index (χ1v) is 6.75. The van der Waals surface area contributed by atoms with Crippen LogP contribution in [0.2, 0.25) is 0 Å². The summed E-state index contributed by atoms with van der Waals surface area (Å²) in [4.78, 5) is 12.1. The fourth-order valence-corrected chi connectivity index (χ4v) is 2.10. The van der Waals surface area contributed by atoms with Crippen LogP contribution in [0.1, 0.15) is 37.0 Å². The lowest BCUT2D eigenvalue weighted by molar-refractivity contribution is 0.0895. The van der Waals surface area contributed by atoms with Crippen molar-refractivity contribution < 1.29 is 9.18 Å². The Hall–Kier alpha value is -0.940. The van der Waals surface area contributed by atoms with E-state index in [1.807, 2.05) is 13.8 Å². The van der Waals surface area contributed by atoms with E-state index in [0.29, 0.717) is 12.1 Å². The van der Waals surface area contributed by atoms with Gasteiger partial charge in [0.15, 0.2) is 0 Å². The second-order valence-electron chi connectivity index (χ2n) is 4.27. The summed E-state index contributed by atoms with van der Waals surface area (Å²) < 4.78 is 13.4. The van der Waals surface area contributed by atoms with Crippen molar-refractivity contribution in [1.82, 2.24) is 5.32 Å². The molecule has 0 spiro atoms. The molecule has 0 heterocycles. The quantitative estimate of drug-likeness (QED) is 0.877. The van der Waals surface area contributed by atoms with Gasteiger partial charge in [-0.25, -0.2) is 4.39 Å². The molecule has 0 radical (unpaired) electrons. The molecule has 3 N–H and O–H groups in total. The van der Waals surface area contributed by atoms with E-state index in [-0.39, 0.29) is 16.2 Å². The van der Waals surface area contributed by atoms with Crippen LogP contribution in [-0.2, 0) is 0 Å². The minimum atomic E-state index is -0.391. The van der Waals surface area contributed by atoms with Crippen LogP contribution < -0.4 is 11.1 Å². The summed E-state index contributed by atoms with van der Waals surface area (Å²) >= 11 is 3.07. The number of carbonyl (C=O) groups excluding carboxylic acids is 1. The normalized spacial score (nSPS) is 11.4. The van der Waals surface area contributed by atoms with Gasteiger partial charge in [-0.05, 0) is 47.0 Å². The molecule has 1 rings (SSSR count). The zero-order valence-electron chi connectivity index (χ0n) is 10.6. The zero-order chi connectivity index (χ0) is 13.8. The summed E-state index contributed by atoms with van der Waals surface area (Å²) in [5.74, 6) is -0.618. The number of hydrogen-bond acceptors (Lipinski definition) is 2. The number of nitrogens with two attached hydrogens (primary N) is 1. The molecule has 0 saturated carbocycles. The second-order valence-corrected chi connectivity index (χ2v) is 5.13. The van der Waals surface area contributed by atoms with Gasteiger partial charge in [-0.15, -0.1) is 0 Å². The first-order chi connectivity index (χ1) is 8.48. The maximum atomic E-state index is 13.1. The standard InChI is InChI=1S/C13H18BrFN2O/c1-3-13(4-2,8-16)17-12(18)9-5-6-11(15)10(14)7-9/h5-7H,3-4,8,16H2,1-2H3,(H,17,18). The highest BCUT2D eigenvalue weighted by molar-refractivity contribution is 9.10. The fourth-order valence-electron chi connectivity index (χ4n) is 1.72. The van der Waals surface area contributed by atoms with Gasteiger partial charge in [0.25, 0.3) is 5.91 Å². The van der Waals surface area contributed by atoms with E-state index in [4.69, 9.17) is 5.73 Å². The molecule has 0 aliphatic heterocycles. The maximum absolute atomic E-state index is 13.1. The van der Waals surface area contributed by atoms with E-state index in [9.17, 15) is 9.18 Å². The van der Waals surface area contributed by atoms with Gasteiger partial charge in [0, 0.05) is 12.1 Å². The van der Waals surface area contributed by atoms with Crippen LogP contribution in [0.4, 0.5) is 4.39 Å². The van der Waals surface area contributed by atoms with Crippen LogP contribution in [0.15, 0.2) is 22.7 Å². The minimum Gasteiger partial charge on any atom is -0.345 e. The number of hydrogen-bond donors (Lipinski definition) is 2. The summed E-state index contributed by atoms with van der Waals surface area (Å²) in [5.41, 5.74) is 5.75. The van der Waals surface area contributed by atoms with Crippen molar-refractivity contribution in [1.29, 1.82) is 0 Å². The summed E-state index contributed by atoms with van der Waals surface area (Å²) in [7, 11) is 0. The van der Waals surface area contributed by atoms with Gasteiger partial charge in [-0.2, -0.15) is 0 Å². The van der Waals surface area contributed by atoms with E-state index < -0.39 is 5.54 Å². The maximum Gasteiger partial charge on any atom is 0.251 e. The largest absolute Gasteiger partial charge is 0.345 e. The van der Waals surface area contributed by atoms with Crippen LogP contribution in [0.5, 0.6) is 0 Å². The Bertz CT molecular complexity index is 425. The zero-order valence-corrected chi connectivity index (χ0v) is 12.2. The van der Waals surface area contributed by atoms with E-state index in [1.165, 1.54) is 18.2 Å². The number of amides is 1. The van der Waals surface area contributed by atoms with Crippen molar-refractivity contribution >= 4 is 21.8 Å². The predicted molar refractivity (Wildman–Crippen MR) is 73.9 cm³/mol. The van der Waals surface area contributed by atoms with Crippen LogP contribution >= 0.6 is 15.9 Å². The van der Waals surface area contributed by atoms with E-state index in [0.717, 1.165) is 12.8 Å². The highest BCUT2D eigenvalue weighted by Crippen LogP contribution is 2.19. The molecule has 0 atom stereocenters. The minimum absolute atomic E-state index is 0.232. The summed E-state index contributed by atoms with van der Waals surface area (Å²) in [6.07, 6.45) is 1.52. The van der Waals surface area contributed by atoms with Crippen LogP contribution in [0.25, 0.3) is 0 Å². The molecule has 0 unspecified atom stereocenters. The number of benzene rings is 1. The first-order valence-electron chi connectivity index (χ1n) is 5.95. The van der Waals surface area contributed by atoms with Crippen molar-refractivity contribution in [3.05, 3.63) is 34.1 Å². The molecule has 1 aromatic rings. The Morgan fingerprint density at radius 3 is 2.50 bits per heavy atom. The smallest absolute Gasteiger partial charge is 0.251 e. The van der Waals surface area contributed by atoms with Gasteiger partial charge in [0.05, 0.1) is 10.0 Å². The van der Waals surface area contributed by atoms with Gasteiger partial charge in [0.1, 0.15) is 5.82 Å². The number of halogens is 2. The van der Waals surface area contributed by atoms with Crippen molar-refractivity contribution in [2.75, 3.05) is 6.54 Å². The summed E-state index contributed by atoms with van der Waals surface area (Å²) in [6, 6.07) is 4.19. The van der Waals surface area contributed by atoms with Gasteiger partial charge >= 0.3 is 0 Å². The third kappa shape index (κ3) is 3.29. The molecule has 18 heavy (non-hydrogen) atoms. The molecule has 0 aliphatic rings. The van der Waals surface area contributed by atoms with Crippen molar-refractivity contribution in [3.63, 3.8) is 0 Å². The van der Waals surface area contributed by atoms with Gasteiger partial charge in [0.2, 0.25) is 0 Å². The molecule has 0 aliphatic carbocycles. The Labute approximate surface area is 115 Å². The lowest BCUT2D eigenvalue weighted by atomic mass is 9.92. The summed E-state index contributed by atoms with van der Waals surface area (Å²) in [5, 5.41) is 2.94. The second kappa shape index (κ2) is 6.29. The van der Waals surface area contributed by atoms with Crippen molar-refractivity contribution in [3.8, 4) is 0 Å². The molecule has 100 valence electrons. The van der Waals surface area contributed by atoms with E-state index in [1.54, 1.807) is 0 Å². The van der Waals surface area contributed by atoms with Gasteiger partial charge < -0.3 is 11.1 Å². The van der Waals surface area contributed by atoms with Gasteiger partial charge in [-0.3, -0.25) is 4.79 Å². The molecule has 0 fully saturated rings. The Morgan fingerprint density at radius 2 is 2.06 bits per heavy atom. The lowest BCUT2D eigenvalue weighted by Crippen LogP contribution is -2.52. The van der Waals surface area contributed by atoms with Crippen LogP contribution in [0.3, 0.4) is 0 Å². The first kappa shape index (κ1) is 15.1. The molecule has 5 heteroatoms. The molecular weight excluding hydrogens is 299 g/mol.